The van der Waals surface area contributed by atoms with Crippen molar-refractivity contribution in [3.8, 4) is 0 Å². The van der Waals surface area contributed by atoms with Gasteiger partial charge in [0.15, 0.2) is 0 Å². The Labute approximate surface area is 201 Å². The number of nitrogens with zero attached hydrogens (tertiary/aromatic N) is 1. The van der Waals surface area contributed by atoms with E-state index in [1.165, 1.54) is 14.2 Å². The lowest BCUT2D eigenvalue weighted by Crippen LogP contribution is -2.41. The van der Waals surface area contributed by atoms with Gasteiger partial charge in [-0.2, -0.15) is 8.42 Å². The summed E-state index contributed by atoms with van der Waals surface area (Å²) in [5.41, 5.74) is 2.44. The minimum Gasteiger partial charge on any atom is -0.311 e. The van der Waals surface area contributed by atoms with E-state index in [2.05, 4.69) is 0 Å². The fourth-order valence-corrected chi connectivity index (χ4v) is 6.22. The molecule has 0 N–H and O–H groups in total. The first-order valence-electron chi connectivity index (χ1n) is 10.7. The number of benzene rings is 3. The Morgan fingerprint density at radius 1 is 0.765 bits per heavy atom. The molecule has 0 aliphatic carbocycles. The second-order valence-electron chi connectivity index (χ2n) is 7.83. The van der Waals surface area contributed by atoms with Crippen molar-refractivity contribution in [2.75, 3.05) is 20.5 Å². The van der Waals surface area contributed by atoms with Crippen LogP contribution in [0.4, 0.5) is 0 Å². The topological polar surface area (TPSA) is 82.1 Å². The van der Waals surface area contributed by atoms with Gasteiger partial charge in [-0.1, -0.05) is 91.0 Å². The van der Waals surface area contributed by atoms with E-state index >= 15 is 0 Å². The third-order valence-electron chi connectivity index (χ3n) is 5.34. The van der Waals surface area contributed by atoms with Crippen LogP contribution >= 0.6 is 7.60 Å². The lowest BCUT2D eigenvalue weighted by molar-refractivity contribution is 0.0803. The molecule has 0 aliphatic rings. The minimum atomic E-state index is -3.93. The van der Waals surface area contributed by atoms with Crippen molar-refractivity contribution in [2.24, 2.45) is 0 Å². The maximum absolute atomic E-state index is 14.0. The SMILES string of the molecule is COP(=O)(OC)[C@@H]([C@H](OS(C)(=O)=O)c1ccccc1)N(Cc1ccccc1)Cc1ccccc1. The molecule has 0 bridgehead atoms. The molecule has 9 heteroatoms. The normalized spacial score (nSPS) is 14.1. The van der Waals surface area contributed by atoms with Crippen molar-refractivity contribution in [1.29, 1.82) is 0 Å². The predicted octanol–water partition coefficient (Wildman–Crippen LogP) is 5.22. The van der Waals surface area contributed by atoms with Gasteiger partial charge in [0.25, 0.3) is 10.1 Å². The second-order valence-corrected chi connectivity index (χ2v) is 11.8. The van der Waals surface area contributed by atoms with E-state index in [1.807, 2.05) is 71.6 Å². The fraction of sp³-hybridized carbons (Fsp3) is 0.280. The van der Waals surface area contributed by atoms with E-state index in [4.69, 9.17) is 13.2 Å². The van der Waals surface area contributed by atoms with Crippen molar-refractivity contribution < 1.29 is 26.2 Å². The van der Waals surface area contributed by atoms with Crippen LogP contribution < -0.4 is 0 Å². The van der Waals surface area contributed by atoms with Gasteiger partial charge >= 0.3 is 7.60 Å². The van der Waals surface area contributed by atoms with E-state index in [9.17, 15) is 13.0 Å². The largest absolute Gasteiger partial charge is 0.350 e. The minimum absolute atomic E-state index is 0.355. The summed E-state index contributed by atoms with van der Waals surface area (Å²) in [6.07, 6.45) is -0.169. The first kappa shape index (κ1) is 26.3. The van der Waals surface area contributed by atoms with Crippen LogP contribution in [0.3, 0.4) is 0 Å². The van der Waals surface area contributed by atoms with Crippen LogP contribution in [0.15, 0.2) is 91.0 Å². The summed E-state index contributed by atoms with van der Waals surface area (Å²) < 4.78 is 55.2. The van der Waals surface area contributed by atoms with Crippen LogP contribution in [0.5, 0.6) is 0 Å². The second kappa shape index (κ2) is 11.9. The summed E-state index contributed by atoms with van der Waals surface area (Å²) in [4.78, 5) is 1.89. The Kier molecular flexibility index (Phi) is 9.19. The van der Waals surface area contributed by atoms with Crippen LogP contribution in [0.1, 0.15) is 22.8 Å². The molecule has 0 fully saturated rings. The van der Waals surface area contributed by atoms with E-state index in [0.717, 1.165) is 17.4 Å². The zero-order valence-electron chi connectivity index (χ0n) is 19.5. The maximum Gasteiger partial charge on any atom is 0.350 e. The molecule has 2 atom stereocenters. The van der Waals surface area contributed by atoms with Crippen molar-refractivity contribution in [1.82, 2.24) is 4.90 Å². The zero-order valence-corrected chi connectivity index (χ0v) is 21.2. The molecule has 0 aromatic heterocycles. The summed E-state index contributed by atoms with van der Waals surface area (Å²) in [6.45, 7) is 0.709. The Morgan fingerprint density at radius 2 is 1.18 bits per heavy atom. The molecule has 3 aromatic rings. The van der Waals surface area contributed by atoms with Gasteiger partial charge in [0.05, 0.1) is 6.26 Å². The predicted molar refractivity (Wildman–Crippen MR) is 133 cm³/mol. The van der Waals surface area contributed by atoms with Gasteiger partial charge in [0, 0.05) is 27.3 Å². The number of hydrogen-bond donors (Lipinski definition) is 0. The molecule has 182 valence electrons. The molecule has 34 heavy (non-hydrogen) atoms. The standard InChI is InChI=1S/C25H30NO6PS/c1-30-33(27,31-2)25(24(32-34(3,28)29)23-17-11-6-12-18-23)26(19-21-13-7-4-8-14-21)20-22-15-9-5-10-16-22/h4-18,24-25H,19-20H2,1-3H3/t24-,25+/m1/s1. The van der Waals surface area contributed by atoms with Gasteiger partial charge in [-0.15, -0.1) is 0 Å². The summed E-state index contributed by atoms with van der Waals surface area (Å²) in [5, 5.41) is 0. The van der Waals surface area contributed by atoms with Gasteiger partial charge in [-0.05, 0) is 16.7 Å². The van der Waals surface area contributed by atoms with Gasteiger partial charge in [-0.25, -0.2) is 0 Å². The average molecular weight is 504 g/mol. The van der Waals surface area contributed by atoms with Crippen LogP contribution in [-0.4, -0.2) is 39.6 Å². The molecule has 0 unspecified atom stereocenters. The van der Waals surface area contributed by atoms with Crippen molar-refractivity contribution in [3.05, 3.63) is 108 Å². The highest BCUT2D eigenvalue weighted by Gasteiger charge is 2.47. The van der Waals surface area contributed by atoms with Crippen LogP contribution in [0.25, 0.3) is 0 Å². The molecule has 0 saturated carbocycles. The van der Waals surface area contributed by atoms with E-state index in [1.54, 1.807) is 24.3 Å². The number of rotatable bonds is 12. The summed E-state index contributed by atoms with van der Waals surface area (Å²) in [6, 6.07) is 28.1. The summed E-state index contributed by atoms with van der Waals surface area (Å²) in [7, 11) is -5.23. The Balaban J connectivity index is 2.19. The van der Waals surface area contributed by atoms with Crippen LogP contribution in [0.2, 0.25) is 0 Å². The average Bonchev–Trinajstić information content (AvgIpc) is 2.84. The molecule has 0 aliphatic heterocycles. The Morgan fingerprint density at radius 3 is 1.56 bits per heavy atom. The third kappa shape index (κ3) is 7.09. The van der Waals surface area contributed by atoms with Gasteiger partial charge in [0.1, 0.15) is 11.9 Å². The lowest BCUT2D eigenvalue weighted by Gasteiger charge is -2.39. The van der Waals surface area contributed by atoms with Crippen LogP contribution in [-0.2, 0) is 41.0 Å². The van der Waals surface area contributed by atoms with Gasteiger partial charge in [-0.3, -0.25) is 13.6 Å². The van der Waals surface area contributed by atoms with E-state index in [0.29, 0.717) is 18.7 Å². The molecule has 0 spiro atoms. The Hall–Kier alpha value is -2.32. The van der Waals surface area contributed by atoms with Crippen LogP contribution in [0, 0.1) is 0 Å². The molecule has 7 nitrogen and oxygen atoms in total. The first-order valence-corrected chi connectivity index (χ1v) is 14.1. The quantitative estimate of drug-likeness (QED) is 0.248. The molecule has 3 aromatic carbocycles. The highest BCUT2D eigenvalue weighted by atomic mass is 32.2. The first-order chi connectivity index (χ1) is 16.3. The lowest BCUT2D eigenvalue weighted by atomic mass is 10.1. The maximum atomic E-state index is 14.0. The molecule has 3 rings (SSSR count). The molecule has 0 amide bonds. The van der Waals surface area contributed by atoms with Crippen molar-refractivity contribution in [2.45, 2.75) is 25.0 Å². The molecular weight excluding hydrogens is 473 g/mol. The molecule has 0 heterocycles. The van der Waals surface area contributed by atoms with E-state index in [-0.39, 0.29) is 0 Å². The molecule has 0 radical (unpaired) electrons. The monoisotopic (exact) mass is 503 g/mol. The van der Waals surface area contributed by atoms with Crippen molar-refractivity contribution >= 4 is 17.7 Å². The van der Waals surface area contributed by atoms with Gasteiger partial charge in [0.2, 0.25) is 0 Å². The highest BCUT2D eigenvalue weighted by Crippen LogP contribution is 2.58. The molecular formula is C25H30NO6PS. The zero-order chi connectivity index (χ0) is 24.6. The summed E-state index contributed by atoms with van der Waals surface area (Å²) in [5.74, 6) is -1.07. The smallest absolute Gasteiger partial charge is 0.311 e. The third-order valence-corrected chi connectivity index (χ3v) is 8.16. The molecule has 0 saturated heterocycles. The van der Waals surface area contributed by atoms with Crippen molar-refractivity contribution in [3.63, 3.8) is 0 Å². The van der Waals surface area contributed by atoms with Gasteiger partial charge < -0.3 is 9.05 Å². The fourth-order valence-electron chi connectivity index (χ4n) is 3.84. The van der Waals surface area contributed by atoms with E-state index < -0.39 is 29.6 Å². The highest BCUT2D eigenvalue weighted by molar-refractivity contribution is 7.86. The number of hydrogen-bond acceptors (Lipinski definition) is 7. The summed E-state index contributed by atoms with van der Waals surface area (Å²) >= 11 is 0. The Bertz CT molecular complexity index is 1130.